The minimum absolute atomic E-state index is 0.305. The van der Waals surface area contributed by atoms with Crippen LogP contribution in [0.5, 0.6) is 0 Å². The first-order valence-corrected chi connectivity index (χ1v) is 11.4. The minimum atomic E-state index is 0.305. The van der Waals surface area contributed by atoms with E-state index in [2.05, 4.69) is 37.3 Å². The van der Waals surface area contributed by atoms with Crippen LogP contribution in [0, 0.1) is 0 Å². The minimum Gasteiger partial charge on any atom is -0.123 e. The summed E-state index contributed by atoms with van der Waals surface area (Å²) in [5.41, 5.74) is 1.37. The van der Waals surface area contributed by atoms with Crippen molar-refractivity contribution in [2.45, 2.75) is 115 Å². The van der Waals surface area contributed by atoms with Gasteiger partial charge in [0.25, 0.3) is 0 Å². The summed E-state index contributed by atoms with van der Waals surface area (Å²) in [5.74, 6) is 0. The molecule has 0 nitrogen and oxygen atoms in total. The van der Waals surface area contributed by atoms with Gasteiger partial charge in [-0.1, -0.05) is 127 Å². The van der Waals surface area contributed by atoms with Crippen LogP contribution in [0.1, 0.15) is 109 Å². The second-order valence-electron chi connectivity index (χ2n) is 7.67. The quantitative estimate of drug-likeness (QED) is 0.191. The number of rotatable bonds is 17. The molecule has 0 aliphatic heterocycles. The Kier molecular flexibility index (Phi) is 15.3. The van der Waals surface area contributed by atoms with E-state index in [9.17, 15) is 0 Å². The number of benzene rings is 1. The van der Waals surface area contributed by atoms with E-state index in [1.54, 1.807) is 0 Å². The van der Waals surface area contributed by atoms with Crippen molar-refractivity contribution < 1.29 is 0 Å². The molecule has 1 atom stereocenters. The third-order valence-electron chi connectivity index (χ3n) is 5.17. The summed E-state index contributed by atoms with van der Waals surface area (Å²) in [6.07, 6.45) is 22.0. The highest BCUT2D eigenvalue weighted by molar-refractivity contribution is 6.20. The third kappa shape index (κ3) is 14.4. The Morgan fingerprint density at radius 1 is 0.640 bits per heavy atom. The zero-order chi connectivity index (χ0) is 18.0. The standard InChI is InChI=1S/C24H41Cl/c1-2-3-4-5-6-7-8-9-10-11-12-13-14-18-21-24(25)22-23-19-16-15-17-20-23/h15-17,19-20,24H,2-14,18,21-22H2,1H3. The Hall–Kier alpha value is -0.490. The summed E-state index contributed by atoms with van der Waals surface area (Å²) in [7, 11) is 0. The highest BCUT2D eigenvalue weighted by atomic mass is 35.5. The first kappa shape index (κ1) is 22.6. The smallest absolute Gasteiger partial charge is 0.0376 e. The fourth-order valence-electron chi connectivity index (χ4n) is 3.53. The van der Waals surface area contributed by atoms with Gasteiger partial charge < -0.3 is 0 Å². The zero-order valence-electron chi connectivity index (χ0n) is 16.7. The van der Waals surface area contributed by atoms with Crippen LogP contribution in [-0.4, -0.2) is 5.38 Å². The maximum absolute atomic E-state index is 6.47. The average Bonchev–Trinajstić information content (AvgIpc) is 2.63. The van der Waals surface area contributed by atoms with Gasteiger partial charge in [0.15, 0.2) is 0 Å². The molecule has 0 heterocycles. The monoisotopic (exact) mass is 364 g/mol. The van der Waals surface area contributed by atoms with Gasteiger partial charge in [-0.05, 0) is 18.4 Å². The molecule has 0 saturated carbocycles. The molecule has 0 saturated heterocycles. The molecule has 1 unspecified atom stereocenters. The van der Waals surface area contributed by atoms with E-state index >= 15 is 0 Å². The predicted octanol–water partition coefficient (Wildman–Crippen LogP) is 8.71. The zero-order valence-corrected chi connectivity index (χ0v) is 17.4. The van der Waals surface area contributed by atoms with Crippen molar-refractivity contribution in [2.24, 2.45) is 0 Å². The summed E-state index contributed by atoms with van der Waals surface area (Å²) in [4.78, 5) is 0. The van der Waals surface area contributed by atoms with Crippen LogP contribution >= 0.6 is 11.6 Å². The molecule has 0 radical (unpaired) electrons. The molecule has 0 N–H and O–H groups in total. The molecule has 144 valence electrons. The summed E-state index contributed by atoms with van der Waals surface area (Å²) >= 11 is 6.47. The molecule has 1 heteroatoms. The van der Waals surface area contributed by atoms with Crippen molar-refractivity contribution in [1.29, 1.82) is 0 Å². The molecule has 1 aromatic carbocycles. The van der Waals surface area contributed by atoms with E-state index in [0.29, 0.717) is 5.38 Å². The molecule has 0 aliphatic carbocycles. The molecule has 0 aliphatic rings. The highest BCUT2D eigenvalue weighted by Gasteiger charge is 2.05. The SMILES string of the molecule is CCCCCCCCCCCCCCCCC(Cl)Cc1ccccc1. The molecule has 0 amide bonds. The van der Waals surface area contributed by atoms with Gasteiger partial charge in [-0.15, -0.1) is 11.6 Å². The molecule has 0 fully saturated rings. The Morgan fingerprint density at radius 2 is 1.08 bits per heavy atom. The van der Waals surface area contributed by atoms with Gasteiger partial charge in [-0.2, -0.15) is 0 Å². The Morgan fingerprint density at radius 3 is 1.56 bits per heavy atom. The van der Waals surface area contributed by atoms with Crippen LogP contribution in [0.25, 0.3) is 0 Å². The molecule has 1 rings (SSSR count). The van der Waals surface area contributed by atoms with E-state index in [1.165, 1.54) is 95.5 Å². The van der Waals surface area contributed by atoms with Gasteiger partial charge in [0, 0.05) is 5.38 Å². The second-order valence-corrected chi connectivity index (χ2v) is 8.29. The fraction of sp³-hybridized carbons (Fsp3) is 0.750. The lowest BCUT2D eigenvalue weighted by molar-refractivity contribution is 0.530. The first-order chi connectivity index (χ1) is 12.3. The van der Waals surface area contributed by atoms with E-state index in [0.717, 1.165) is 12.8 Å². The molecule has 0 bridgehead atoms. The van der Waals surface area contributed by atoms with Crippen molar-refractivity contribution in [2.75, 3.05) is 0 Å². The van der Waals surface area contributed by atoms with Gasteiger partial charge in [-0.3, -0.25) is 0 Å². The fourth-order valence-corrected chi connectivity index (χ4v) is 3.86. The predicted molar refractivity (Wildman–Crippen MR) is 115 cm³/mol. The molecule has 0 spiro atoms. The Labute approximate surface area is 162 Å². The molecular weight excluding hydrogens is 324 g/mol. The topological polar surface area (TPSA) is 0 Å². The number of hydrogen-bond donors (Lipinski definition) is 0. The summed E-state index contributed by atoms with van der Waals surface area (Å²) in [6.45, 7) is 2.29. The van der Waals surface area contributed by atoms with Crippen LogP contribution in [0.3, 0.4) is 0 Å². The normalized spacial score (nSPS) is 12.4. The van der Waals surface area contributed by atoms with Crippen LogP contribution in [0.2, 0.25) is 0 Å². The van der Waals surface area contributed by atoms with Crippen molar-refractivity contribution >= 4 is 11.6 Å². The summed E-state index contributed by atoms with van der Waals surface area (Å²) in [6, 6.07) is 10.6. The highest BCUT2D eigenvalue weighted by Crippen LogP contribution is 2.17. The van der Waals surface area contributed by atoms with E-state index in [4.69, 9.17) is 11.6 Å². The number of alkyl halides is 1. The van der Waals surface area contributed by atoms with Crippen LogP contribution in [0.4, 0.5) is 0 Å². The number of unbranched alkanes of at least 4 members (excludes halogenated alkanes) is 13. The van der Waals surface area contributed by atoms with Gasteiger partial charge in [-0.25, -0.2) is 0 Å². The van der Waals surface area contributed by atoms with Gasteiger partial charge >= 0.3 is 0 Å². The second kappa shape index (κ2) is 17.0. The van der Waals surface area contributed by atoms with E-state index in [-0.39, 0.29) is 0 Å². The molecule has 1 aromatic rings. The van der Waals surface area contributed by atoms with Crippen LogP contribution in [-0.2, 0) is 6.42 Å². The van der Waals surface area contributed by atoms with Crippen molar-refractivity contribution in [3.63, 3.8) is 0 Å². The Balaban J connectivity index is 1.78. The lowest BCUT2D eigenvalue weighted by atomic mass is 10.0. The van der Waals surface area contributed by atoms with Crippen LogP contribution < -0.4 is 0 Å². The van der Waals surface area contributed by atoms with E-state index < -0.39 is 0 Å². The summed E-state index contributed by atoms with van der Waals surface area (Å²) in [5, 5.41) is 0.305. The first-order valence-electron chi connectivity index (χ1n) is 11.0. The lowest BCUT2D eigenvalue weighted by Crippen LogP contribution is -2.03. The van der Waals surface area contributed by atoms with Gasteiger partial charge in [0.05, 0.1) is 0 Å². The van der Waals surface area contributed by atoms with Crippen LogP contribution in [0.15, 0.2) is 30.3 Å². The molecule has 0 aromatic heterocycles. The maximum Gasteiger partial charge on any atom is 0.0376 e. The van der Waals surface area contributed by atoms with Crippen molar-refractivity contribution in [3.05, 3.63) is 35.9 Å². The summed E-state index contributed by atoms with van der Waals surface area (Å²) < 4.78 is 0. The Bertz CT molecular complexity index is 373. The molecule has 25 heavy (non-hydrogen) atoms. The molecular formula is C24H41Cl. The van der Waals surface area contributed by atoms with E-state index in [1.807, 2.05) is 0 Å². The van der Waals surface area contributed by atoms with Gasteiger partial charge in [0.2, 0.25) is 0 Å². The maximum atomic E-state index is 6.47. The van der Waals surface area contributed by atoms with Crippen molar-refractivity contribution in [1.82, 2.24) is 0 Å². The third-order valence-corrected chi connectivity index (χ3v) is 5.54. The van der Waals surface area contributed by atoms with Crippen molar-refractivity contribution in [3.8, 4) is 0 Å². The largest absolute Gasteiger partial charge is 0.123 e. The van der Waals surface area contributed by atoms with Gasteiger partial charge in [0.1, 0.15) is 0 Å². The average molecular weight is 365 g/mol. The lowest BCUT2D eigenvalue weighted by Gasteiger charge is -2.09. The number of halogens is 1. The number of hydrogen-bond acceptors (Lipinski definition) is 0.